The summed E-state index contributed by atoms with van der Waals surface area (Å²) in [7, 11) is 8.78. The Morgan fingerprint density at radius 2 is 1.49 bits per heavy atom. The maximum atomic E-state index is 14.4. The van der Waals surface area contributed by atoms with Crippen molar-refractivity contribution in [3.63, 3.8) is 0 Å². The molecule has 412 valence electrons. The summed E-state index contributed by atoms with van der Waals surface area (Å²) in [5.41, 5.74) is 10.9. The number of carbonyl (C=O) groups excluding carboxylic acids is 3. The van der Waals surface area contributed by atoms with Crippen LogP contribution in [-0.2, 0) is 51.5 Å². The highest BCUT2D eigenvalue weighted by atomic mass is 33.1. The lowest BCUT2D eigenvalue weighted by atomic mass is 9.98. The van der Waals surface area contributed by atoms with Crippen molar-refractivity contribution in [1.29, 1.82) is 0 Å². The van der Waals surface area contributed by atoms with E-state index in [0.29, 0.717) is 81.7 Å². The van der Waals surface area contributed by atoms with Gasteiger partial charge in [-0.15, -0.1) is 0 Å². The van der Waals surface area contributed by atoms with Crippen molar-refractivity contribution in [2.24, 2.45) is 4.99 Å². The monoisotopic (exact) mass is 1100 g/mol. The normalized spacial score (nSPS) is 16.4. The quantitative estimate of drug-likeness (QED) is 0.0163. The van der Waals surface area contributed by atoms with Crippen molar-refractivity contribution in [3.05, 3.63) is 136 Å². The minimum Gasteiger partial charge on any atom is -0.493 e. The molecule has 4 aliphatic rings. The van der Waals surface area contributed by atoms with Crippen molar-refractivity contribution in [2.45, 2.75) is 96.3 Å². The van der Waals surface area contributed by atoms with E-state index in [2.05, 4.69) is 78.5 Å². The molecule has 5 aromatic carbocycles. The maximum Gasteiger partial charge on any atom is 0.258 e. The van der Waals surface area contributed by atoms with Crippen molar-refractivity contribution in [1.82, 2.24) is 0 Å². The lowest BCUT2D eigenvalue weighted by molar-refractivity contribution is -0.401. The Labute approximate surface area is 467 Å². The fraction of sp³-hybridized carbons (Fsp3) is 0.435. The van der Waals surface area contributed by atoms with Crippen LogP contribution in [0.1, 0.15) is 94.1 Å². The molecule has 16 heteroatoms. The predicted octanol–water partition coefficient (Wildman–Crippen LogP) is 10.6. The first-order valence-electron chi connectivity index (χ1n) is 27.1. The van der Waals surface area contributed by atoms with Gasteiger partial charge < -0.3 is 47.7 Å². The lowest BCUT2D eigenvalue weighted by Gasteiger charge is -2.34. The molecule has 78 heavy (non-hydrogen) atoms. The highest BCUT2D eigenvalue weighted by Gasteiger charge is 2.38. The number of aliphatic imine (C=N–C) groups is 1. The molecule has 2 atom stereocenters. The second kappa shape index (κ2) is 26.2. The van der Waals surface area contributed by atoms with Gasteiger partial charge in [0.25, 0.3) is 5.91 Å². The van der Waals surface area contributed by atoms with Gasteiger partial charge in [0.2, 0.25) is 5.91 Å². The van der Waals surface area contributed by atoms with Crippen LogP contribution < -0.4 is 28.9 Å². The number of carbonyl (C=O) groups is 3. The highest BCUT2D eigenvalue weighted by Crippen LogP contribution is 2.43. The van der Waals surface area contributed by atoms with E-state index in [0.717, 1.165) is 87.6 Å². The first-order chi connectivity index (χ1) is 37.8. The number of rotatable bonds is 27. The van der Waals surface area contributed by atoms with Gasteiger partial charge in [-0.3, -0.25) is 19.4 Å². The average molecular weight is 1100 g/mol. The summed E-state index contributed by atoms with van der Waals surface area (Å²) < 4.78 is 38.2. The molecule has 0 aromatic heterocycles. The van der Waals surface area contributed by atoms with Crippen molar-refractivity contribution in [2.75, 3.05) is 94.4 Å². The molecule has 0 saturated heterocycles. The molecule has 0 radical (unpaired) electrons. The number of nitrogens with zero attached hydrogens (tertiary/aromatic N) is 5. The topological polar surface area (TPSA) is 132 Å². The smallest absolute Gasteiger partial charge is 0.258 e. The molecule has 4 aliphatic heterocycles. The van der Waals surface area contributed by atoms with Crippen LogP contribution in [0.15, 0.2) is 96.0 Å². The molecule has 2 amide bonds. The summed E-state index contributed by atoms with van der Waals surface area (Å²) in [6.07, 6.45) is 9.72. The molecular weight excluding hydrogens is 1020 g/mol. The van der Waals surface area contributed by atoms with Gasteiger partial charge >= 0.3 is 0 Å². The molecule has 9 rings (SSSR count). The van der Waals surface area contributed by atoms with Gasteiger partial charge in [0.05, 0.1) is 52.4 Å². The Morgan fingerprint density at radius 1 is 0.808 bits per heavy atom. The van der Waals surface area contributed by atoms with E-state index in [4.69, 9.17) is 28.4 Å². The summed E-state index contributed by atoms with van der Waals surface area (Å²) in [4.78, 5) is 51.3. The number of ether oxygens (including phenoxy) is 6. The Bertz CT molecular complexity index is 3030. The molecule has 0 unspecified atom stereocenters. The van der Waals surface area contributed by atoms with E-state index in [1.807, 2.05) is 82.5 Å². The molecule has 0 N–H and O–H groups in total. The van der Waals surface area contributed by atoms with Gasteiger partial charge in [-0.1, -0.05) is 58.0 Å². The Morgan fingerprint density at radius 3 is 2.22 bits per heavy atom. The fourth-order valence-corrected chi connectivity index (χ4v) is 13.4. The number of para-hydroxylation sites is 2. The largest absolute Gasteiger partial charge is 0.493 e. The first kappa shape index (κ1) is 56.5. The number of benzene rings is 5. The Kier molecular flexibility index (Phi) is 19.0. The summed E-state index contributed by atoms with van der Waals surface area (Å²) in [5, 5.41) is 0. The number of Topliss-reactive ketones (excluding diaryl/α,β-unsaturated/α-hetero) is 1. The first-order valence-corrected chi connectivity index (χ1v) is 29.4. The molecule has 0 saturated carbocycles. The zero-order chi connectivity index (χ0) is 54.8. The summed E-state index contributed by atoms with van der Waals surface area (Å²) >= 11 is 0. The van der Waals surface area contributed by atoms with Crippen LogP contribution in [0.5, 0.6) is 17.2 Å². The standard InChI is InChI=1S/C62H73N5O9S2/c1-8-63-37-51(68)16-13-27-77-78-62(3,4)41-65(21-22-73-25-26-74-24-23-71-6)49-30-43(39-75-57-34-45-19-20-48-32-46-14-9-11-17-54(46)66(48)60(69)52(45)28-42(57)2)29-44(31-49)40-76-59-36-56-53(35-58(59)72-7)61(70)67-50(38-64(56)5)33-47-15-10-12-18-55(47)67/h8-12,14-15,17-18,28-31,34-36,48,50H,13,16,19-27,32-33,37,39-41H2,1-7H3/t48-,50+/m1/s1. The average Bonchev–Trinajstić information content (AvgIpc) is 3.99. The number of fused-ring (bicyclic) bond motifs is 8. The van der Waals surface area contributed by atoms with Crippen LogP contribution in [0, 0.1) is 6.92 Å². The molecule has 5 aromatic rings. The number of methoxy groups -OCH3 is 2. The molecule has 0 fully saturated rings. The molecule has 0 bridgehead atoms. The van der Waals surface area contributed by atoms with Crippen molar-refractivity contribution in [3.8, 4) is 17.2 Å². The third-order valence-corrected chi connectivity index (χ3v) is 17.9. The number of hydrogen-bond acceptors (Lipinski definition) is 13. The van der Waals surface area contributed by atoms with E-state index in [1.54, 1.807) is 37.3 Å². The third kappa shape index (κ3) is 13.5. The van der Waals surface area contributed by atoms with Crippen LogP contribution >= 0.6 is 21.6 Å². The zero-order valence-corrected chi connectivity index (χ0v) is 47.8. The van der Waals surface area contributed by atoms with Gasteiger partial charge in [0.15, 0.2) is 11.5 Å². The molecule has 14 nitrogen and oxygen atoms in total. The van der Waals surface area contributed by atoms with E-state index in [9.17, 15) is 14.4 Å². The predicted molar refractivity (Wildman–Crippen MR) is 313 cm³/mol. The van der Waals surface area contributed by atoms with Crippen LogP contribution in [0.4, 0.5) is 22.7 Å². The molecule has 0 spiro atoms. The van der Waals surface area contributed by atoms with Gasteiger partial charge in [-0.05, 0) is 154 Å². The summed E-state index contributed by atoms with van der Waals surface area (Å²) in [6, 6.07) is 30.4. The number of anilines is 3. The minimum atomic E-state index is -0.245. The van der Waals surface area contributed by atoms with Crippen molar-refractivity contribution >= 4 is 74.4 Å². The molecule has 0 aliphatic carbocycles. The molecular formula is C62H73N5O9S2. The second-order valence-electron chi connectivity index (χ2n) is 20.8. The highest BCUT2D eigenvalue weighted by molar-refractivity contribution is 8.77. The van der Waals surface area contributed by atoms with Gasteiger partial charge in [0.1, 0.15) is 31.8 Å². The summed E-state index contributed by atoms with van der Waals surface area (Å²) in [6.45, 7) is 12.7. The number of hydrogen-bond donors (Lipinski definition) is 0. The Hall–Kier alpha value is -6.17. The molecule has 4 heterocycles. The van der Waals surface area contributed by atoms with E-state index >= 15 is 0 Å². The van der Waals surface area contributed by atoms with E-state index in [1.165, 1.54) is 5.56 Å². The Balaban J connectivity index is 0.992. The van der Waals surface area contributed by atoms with Gasteiger partial charge in [-0.2, -0.15) is 0 Å². The number of ketones is 1. The summed E-state index contributed by atoms with van der Waals surface area (Å²) in [5.74, 6) is 2.62. The lowest BCUT2D eigenvalue weighted by Crippen LogP contribution is -2.38. The number of aryl methyl sites for hydroxylation is 2. The zero-order valence-electron chi connectivity index (χ0n) is 46.1. The third-order valence-electron chi connectivity index (χ3n) is 14.6. The van der Waals surface area contributed by atoms with E-state index < -0.39 is 0 Å². The second-order valence-corrected chi connectivity index (χ2v) is 24.0. The van der Waals surface area contributed by atoms with E-state index in [-0.39, 0.29) is 54.2 Å². The maximum absolute atomic E-state index is 14.4. The van der Waals surface area contributed by atoms with Gasteiger partial charge in [0, 0.05) is 83.6 Å². The van der Waals surface area contributed by atoms with Crippen LogP contribution in [0.25, 0.3) is 0 Å². The fourth-order valence-electron chi connectivity index (χ4n) is 10.8. The van der Waals surface area contributed by atoms with Crippen molar-refractivity contribution < 1.29 is 47.4 Å². The van der Waals surface area contributed by atoms with Crippen LogP contribution in [-0.4, -0.2) is 131 Å². The van der Waals surface area contributed by atoms with Crippen LogP contribution in [0.2, 0.25) is 0 Å². The SMILES string of the molecule is CC=NCC(=O)CCCSSC(C)(C)CN(CCOCCOCCOC)c1cc(COc2cc3c(cc2C)C(=O)N2c4ccccc4C[C@H]2CC3)cc(COc2cc3c(cc2OC)C(=O)N2c4ccccc4C[C@H]2[C-]=[N+]3C)c1. The minimum absolute atomic E-state index is 0.0473. The van der Waals surface area contributed by atoms with Crippen LogP contribution in [0.3, 0.4) is 0 Å². The number of amides is 2. The van der Waals surface area contributed by atoms with Gasteiger partial charge in [-0.25, -0.2) is 0 Å².